The average molecular weight is 326 g/mol. The molecule has 5 nitrogen and oxygen atoms in total. The van der Waals surface area contributed by atoms with E-state index >= 15 is 0 Å². The van der Waals surface area contributed by atoms with Gasteiger partial charge in [-0.1, -0.05) is 6.07 Å². The molecule has 0 radical (unpaired) electrons. The van der Waals surface area contributed by atoms with Crippen LogP contribution in [0.25, 0.3) is 0 Å². The maximum Gasteiger partial charge on any atom is 0.213 e. The summed E-state index contributed by atoms with van der Waals surface area (Å²) in [5.74, 6) is 0.670. The lowest BCUT2D eigenvalue weighted by molar-refractivity contribution is 0.134. The number of hydrogen-bond donors (Lipinski definition) is 0. The molecule has 0 bridgehead atoms. The second-order valence-electron chi connectivity index (χ2n) is 5.73. The zero-order valence-electron chi connectivity index (χ0n) is 12.7. The van der Waals surface area contributed by atoms with Crippen molar-refractivity contribution in [2.75, 3.05) is 13.2 Å². The molecule has 3 aromatic rings. The minimum Gasteiger partial charge on any atom is -0.475 e. The lowest BCUT2D eigenvalue weighted by Gasteiger charge is -2.34. The highest BCUT2D eigenvalue weighted by Crippen LogP contribution is 2.23. The maximum absolute atomic E-state index is 5.87. The number of ether oxygens (including phenoxy) is 1. The number of thiophene rings is 1. The first-order chi connectivity index (χ1) is 11.4. The van der Waals surface area contributed by atoms with E-state index in [1.165, 1.54) is 11.3 Å². The summed E-state index contributed by atoms with van der Waals surface area (Å²) < 4.78 is 8.10. The fourth-order valence-electron chi connectivity index (χ4n) is 2.97. The van der Waals surface area contributed by atoms with Crippen molar-refractivity contribution in [2.45, 2.75) is 19.1 Å². The Morgan fingerprint density at radius 1 is 1.30 bits per heavy atom. The summed E-state index contributed by atoms with van der Waals surface area (Å²) in [6, 6.07) is 8.16. The molecule has 1 aliphatic heterocycles. The smallest absolute Gasteiger partial charge is 0.213 e. The van der Waals surface area contributed by atoms with E-state index in [-0.39, 0.29) is 6.04 Å². The maximum atomic E-state index is 5.87. The third-order valence-corrected chi connectivity index (χ3v) is 4.77. The fraction of sp³-hybridized carbons (Fsp3) is 0.294. The van der Waals surface area contributed by atoms with Crippen LogP contribution in [0.4, 0.5) is 0 Å². The van der Waals surface area contributed by atoms with E-state index in [0.717, 1.165) is 19.6 Å². The minimum absolute atomic E-state index is 0.252. The SMILES string of the molecule is c1ccc(OC[C@H]2CN(Cc3ccsc3)Cc3cncn32)nc1. The van der Waals surface area contributed by atoms with Gasteiger partial charge in [0.15, 0.2) is 0 Å². The summed E-state index contributed by atoms with van der Waals surface area (Å²) in [5.41, 5.74) is 2.61. The van der Waals surface area contributed by atoms with Crippen molar-refractivity contribution in [3.8, 4) is 5.88 Å². The number of imidazole rings is 1. The molecule has 1 atom stereocenters. The Morgan fingerprint density at radius 2 is 2.30 bits per heavy atom. The predicted molar refractivity (Wildman–Crippen MR) is 89.4 cm³/mol. The Balaban J connectivity index is 1.47. The third-order valence-electron chi connectivity index (χ3n) is 4.04. The average Bonchev–Trinajstić information content (AvgIpc) is 3.25. The van der Waals surface area contributed by atoms with E-state index in [0.29, 0.717) is 12.5 Å². The van der Waals surface area contributed by atoms with Gasteiger partial charge in [0.05, 0.1) is 18.1 Å². The van der Waals surface area contributed by atoms with Crippen molar-refractivity contribution in [3.05, 3.63) is 65.0 Å². The largest absolute Gasteiger partial charge is 0.475 e. The first kappa shape index (κ1) is 14.4. The van der Waals surface area contributed by atoms with Gasteiger partial charge in [0.2, 0.25) is 5.88 Å². The van der Waals surface area contributed by atoms with Crippen molar-refractivity contribution >= 4 is 11.3 Å². The highest BCUT2D eigenvalue weighted by atomic mass is 32.1. The Hall–Kier alpha value is -2.18. The first-order valence-corrected chi connectivity index (χ1v) is 8.61. The summed E-state index contributed by atoms with van der Waals surface area (Å²) in [4.78, 5) is 11.0. The summed E-state index contributed by atoms with van der Waals surface area (Å²) in [7, 11) is 0. The summed E-state index contributed by atoms with van der Waals surface area (Å²) >= 11 is 1.75. The minimum atomic E-state index is 0.252. The van der Waals surface area contributed by atoms with Crippen molar-refractivity contribution in [3.63, 3.8) is 0 Å². The van der Waals surface area contributed by atoms with Gasteiger partial charge in [0, 0.05) is 38.1 Å². The highest BCUT2D eigenvalue weighted by Gasteiger charge is 2.25. The molecule has 0 amide bonds. The lowest BCUT2D eigenvalue weighted by atomic mass is 10.1. The molecule has 0 unspecified atom stereocenters. The van der Waals surface area contributed by atoms with Gasteiger partial charge in [-0.05, 0) is 28.5 Å². The van der Waals surface area contributed by atoms with Crippen molar-refractivity contribution in [1.29, 1.82) is 0 Å². The van der Waals surface area contributed by atoms with Gasteiger partial charge in [-0.3, -0.25) is 4.90 Å². The highest BCUT2D eigenvalue weighted by molar-refractivity contribution is 7.07. The van der Waals surface area contributed by atoms with Gasteiger partial charge in [0.1, 0.15) is 6.61 Å². The van der Waals surface area contributed by atoms with Crippen molar-refractivity contribution < 1.29 is 4.74 Å². The first-order valence-electron chi connectivity index (χ1n) is 7.66. The van der Waals surface area contributed by atoms with Crippen molar-refractivity contribution in [1.82, 2.24) is 19.4 Å². The molecule has 118 valence electrons. The van der Waals surface area contributed by atoms with Crippen LogP contribution < -0.4 is 4.74 Å². The number of rotatable bonds is 5. The van der Waals surface area contributed by atoms with Crippen LogP contribution in [0.5, 0.6) is 5.88 Å². The van der Waals surface area contributed by atoms with E-state index < -0.39 is 0 Å². The molecule has 4 heterocycles. The van der Waals surface area contributed by atoms with Gasteiger partial charge in [0.25, 0.3) is 0 Å². The number of aromatic nitrogens is 3. The molecule has 0 fully saturated rings. The Bertz CT molecular complexity index is 741. The molecule has 0 saturated carbocycles. The zero-order valence-corrected chi connectivity index (χ0v) is 13.5. The van der Waals surface area contributed by atoms with Crippen molar-refractivity contribution in [2.24, 2.45) is 0 Å². The van der Waals surface area contributed by atoms with E-state index in [9.17, 15) is 0 Å². The predicted octanol–water partition coefficient (Wildman–Crippen LogP) is 2.98. The molecule has 0 aromatic carbocycles. The zero-order chi connectivity index (χ0) is 15.5. The van der Waals surface area contributed by atoms with Gasteiger partial charge in [-0.15, -0.1) is 0 Å². The van der Waals surface area contributed by atoms with Crippen LogP contribution >= 0.6 is 11.3 Å². The van der Waals surface area contributed by atoms with Crippen LogP contribution in [-0.4, -0.2) is 32.6 Å². The normalized spacial score (nSPS) is 17.8. The van der Waals surface area contributed by atoms with Gasteiger partial charge in [-0.25, -0.2) is 9.97 Å². The standard InChI is InChI=1S/C17H18N4OS/c1-2-5-19-17(3-1)22-11-16-10-20(8-14-4-6-23-12-14)9-15-7-18-13-21(15)16/h1-7,12-13,16H,8-11H2/t16-/m1/s1. The second kappa shape index (κ2) is 6.52. The van der Waals surface area contributed by atoms with Crippen LogP contribution in [0.15, 0.2) is 53.7 Å². The molecular weight excluding hydrogens is 308 g/mol. The quantitative estimate of drug-likeness (QED) is 0.723. The molecule has 0 spiro atoms. The fourth-order valence-corrected chi connectivity index (χ4v) is 3.63. The molecule has 6 heteroatoms. The van der Waals surface area contributed by atoms with Crippen LogP contribution in [0, 0.1) is 0 Å². The molecular formula is C17H18N4OS. The van der Waals surface area contributed by atoms with Gasteiger partial charge >= 0.3 is 0 Å². The number of hydrogen-bond acceptors (Lipinski definition) is 5. The topological polar surface area (TPSA) is 43.2 Å². The number of nitrogens with zero attached hydrogens (tertiary/aromatic N) is 4. The van der Waals surface area contributed by atoms with E-state index in [1.54, 1.807) is 17.5 Å². The van der Waals surface area contributed by atoms with E-state index in [1.807, 2.05) is 30.7 Å². The molecule has 3 aromatic heterocycles. The molecule has 1 aliphatic rings. The number of fused-ring (bicyclic) bond motifs is 1. The molecule has 0 aliphatic carbocycles. The van der Waals surface area contributed by atoms with Crippen LogP contribution in [-0.2, 0) is 13.1 Å². The summed E-state index contributed by atoms with van der Waals surface area (Å²) in [6.07, 6.45) is 5.61. The summed E-state index contributed by atoms with van der Waals surface area (Å²) in [5, 5.41) is 4.34. The Kier molecular flexibility index (Phi) is 4.08. The second-order valence-corrected chi connectivity index (χ2v) is 6.51. The lowest BCUT2D eigenvalue weighted by Crippen LogP contribution is -2.38. The molecule has 0 saturated heterocycles. The number of pyridine rings is 1. The van der Waals surface area contributed by atoms with Crippen LogP contribution in [0.1, 0.15) is 17.3 Å². The van der Waals surface area contributed by atoms with E-state index in [2.05, 4.69) is 36.3 Å². The van der Waals surface area contributed by atoms with Gasteiger partial charge < -0.3 is 9.30 Å². The molecule has 0 N–H and O–H groups in total. The van der Waals surface area contributed by atoms with Gasteiger partial charge in [-0.2, -0.15) is 11.3 Å². The Morgan fingerprint density at radius 3 is 3.13 bits per heavy atom. The molecule has 23 heavy (non-hydrogen) atoms. The van der Waals surface area contributed by atoms with Crippen LogP contribution in [0.2, 0.25) is 0 Å². The molecule has 4 rings (SSSR count). The summed E-state index contributed by atoms with van der Waals surface area (Å²) in [6.45, 7) is 3.44. The Labute approximate surface area is 139 Å². The van der Waals surface area contributed by atoms with E-state index in [4.69, 9.17) is 4.74 Å². The third kappa shape index (κ3) is 3.28. The monoisotopic (exact) mass is 326 g/mol. The van der Waals surface area contributed by atoms with Crippen LogP contribution in [0.3, 0.4) is 0 Å².